The third-order valence-electron chi connectivity index (χ3n) is 0.953. The van der Waals surface area contributed by atoms with Crippen molar-refractivity contribution >= 4 is 5.91 Å². The smallest absolute Gasteiger partial charge is 0.264 e. The van der Waals surface area contributed by atoms with Gasteiger partial charge in [-0.25, -0.2) is 0 Å². The Kier molecular flexibility index (Phi) is 3.18. The van der Waals surface area contributed by atoms with Gasteiger partial charge < -0.3 is 0 Å². The Labute approximate surface area is 75.2 Å². The molecule has 0 aromatic carbocycles. The van der Waals surface area contributed by atoms with Crippen molar-refractivity contribution in [2.45, 2.75) is 18.8 Å². The summed E-state index contributed by atoms with van der Waals surface area (Å²) in [5, 5.41) is 0. The first-order valence-electron chi connectivity index (χ1n) is 2.83. The maximum atomic E-state index is 11.5. The minimum absolute atomic E-state index is 3.14. The van der Waals surface area contributed by atoms with E-state index in [2.05, 4.69) is 0 Å². The highest BCUT2D eigenvalue weighted by atomic mass is 19.4. The summed E-state index contributed by atoms with van der Waals surface area (Å²) in [5.74, 6) is -4.04. The van der Waals surface area contributed by atoms with Crippen molar-refractivity contribution in [3.8, 4) is 0 Å². The lowest BCUT2D eigenvalue weighted by molar-refractivity contribution is -0.364. The number of hydrogen-bond acceptors (Lipinski definition) is 1. The zero-order valence-corrected chi connectivity index (χ0v) is 6.26. The van der Waals surface area contributed by atoms with Gasteiger partial charge in [0.15, 0.2) is 0 Å². The van der Waals surface area contributed by atoms with E-state index < -0.39 is 29.6 Å². The van der Waals surface area contributed by atoms with E-state index in [9.17, 15) is 44.3 Å². The molecule has 0 aliphatic carbocycles. The first-order valence-corrected chi connectivity index (χ1v) is 2.83. The number of amides is 1. The fourth-order valence-corrected chi connectivity index (χ4v) is 0.501. The summed E-state index contributed by atoms with van der Waals surface area (Å²) in [6.07, 6.45) is -19.2. The summed E-state index contributed by atoms with van der Waals surface area (Å²) in [6.45, 7) is 0. The van der Waals surface area contributed by atoms with Crippen molar-refractivity contribution in [1.82, 2.24) is 4.90 Å². The van der Waals surface area contributed by atoms with Crippen LogP contribution in [0.15, 0.2) is 0 Å². The lowest BCUT2D eigenvalue weighted by Gasteiger charge is -2.27. The molecule has 15 heavy (non-hydrogen) atoms. The van der Waals surface area contributed by atoms with Crippen LogP contribution in [0.5, 0.6) is 0 Å². The largest absolute Gasteiger partial charge is 0.494 e. The quantitative estimate of drug-likeness (QED) is 0.477. The van der Waals surface area contributed by atoms with E-state index >= 15 is 0 Å². The second kappa shape index (κ2) is 3.45. The molecule has 0 aromatic heterocycles. The fraction of sp³-hybridized carbons (Fsp3) is 0.750. The topological polar surface area (TPSA) is 20.3 Å². The zero-order chi connectivity index (χ0) is 12.7. The van der Waals surface area contributed by atoms with Gasteiger partial charge in [0.05, 0.1) is 0 Å². The standard InChI is InChI=1S/C4F9NO/c5-2(6,7)1(15)14(3(8,9)10)4(11,12)13. The number of hydrogen-bond donors (Lipinski definition) is 0. The maximum absolute atomic E-state index is 11.5. The number of carbonyl (C=O) groups is 1. The Morgan fingerprint density at radius 1 is 0.733 bits per heavy atom. The van der Waals surface area contributed by atoms with Crippen LogP contribution in [0.4, 0.5) is 39.5 Å². The molecule has 0 atom stereocenters. The number of carbonyl (C=O) groups excluding carboxylic acids is 1. The van der Waals surface area contributed by atoms with Crippen LogP contribution >= 0.6 is 0 Å². The molecule has 0 bridgehead atoms. The second-order valence-corrected chi connectivity index (χ2v) is 2.07. The molecule has 2 nitrogen and oxygen atoms in total. The van der Waals surface area contributed by atoms with Gasteiger partial charge in [0.1, 0.15) is 0 Å². The lowest BCUT2D eigenvalue weighted by atomic mass is 10.5. The van der Waals surface area contributed by atoms with Crippen LogP contribution in [0.2, 0.25) is 0 Å². The highest BCUT2D eigenvalue weighted by Crippen LogP contribution is 2.36. The van der Waals surface area contributed by atoms with E-state index in [0.717, 1.165) is 0 Å². The van der Waals surface area contributed by atoms with Crippen molar-refractivity contribution in [3.63, 3.8) is 0 Å². The molecule has 0 aliphatic heterocycles. The van der Waals surface area contributed by atoms with Gasteiger partial charge in [-0.3, -0.25) is 4.79 Å². The first kappa shape index (κ1) is 13.8. The van der Waals surface area contributed by atoms with Gasteiger partial charge in [0, 0.05) is 0 Å². The van der Waals surface area contributed by atoms with Crippen LogP contribution in [-0.4, -0.2) is 29.6 Å². The van der Waals surface area contributed by atoms with Crippen LogP contribution in [0, 0.1) is 0 Å². The molecule has 90 valence electrons. The van der Waals surface area contributed by atoms with Crippen LogP contribution in [0.3, 0.4) is 0 Å². The van der Waals surface area contributed by atoms with Gasteiger partial charge in [-0.1, -0.05) is 0 Å². The summed E-state index contributed by atoms with van der Waals surface area (Å²) in [6, 6.07) is 0. The average molecular weight is 249 g/mol. The predicted octanol–water partition coefficient (Wildman–Crippen LogP) is 2.42. The molecule has 0 rings (SSSR count). The normalized spacial score (nSPS) is 13.9. The molecule has 0 saturated heterocycles. The minimum atomic E-state index is -6.48. The average Bonchev–Trinajstić information content (AvgIpc) is 1.76. The van der Waals surface area contributed by atoms with Crippen LogP contribution < -0.4 is 0 Å². The molecule has 11 heteroatoms. The first-order chi connectivity index (χ1) is 6.28. The molecule has 0 aromatic rings. The highest BCUT2D eigenvalue weighted by Gasteiger charge is 2.63. The predicted molar refractivity (Wildman–Crippen MR) is 25.0 cm³/mol. The van der Waals surface area contributed by atoms with Crippen molar-refractivity contribution in [3.05, 3.63) is 0 Å². The molecular weight excluding hydrogens is 249 g/mol. The number of nitrogens with zero attached hydrogens (tertiary/aromatic N) is 1. The molecule has 0 unspecified atom stereocenters. The zero-order valence-electron chi connectivity index (χ0n) is 6.26. The highest BCUT2D eigenvalue weighted by molar-refractivity contribution is 5.82. The van der Waals surface area contributed by atoms with Crippen LogP contribution in [-0.2, 0) is 4.79 Å². The number of alkyl halides is 9. The third-order valence-corrected chi connectivity index (χ3v) is 0.953. The maximum Gasteiger partial charge on any atom is 0.494 e. The monoisotopic (exact) mass is 249 g/mol. The summed E-state index contributed by atoms with van der Waals surface area (Å²) in [4.78, 5) is 6.68. The van der Waals surface area contributed by atoms with Crippen LogP contribution in [0.1, 0.15) is 0 Å². The lowest BCUT2D eigenvalue weighted by Crippen LogP contribution is -2.56. The van der Waals surface area contributed by atoms with Crippen LogP contribution in [0.25, 0.3) is 0 Å². The van der Waals surface area contributed by atoms with Crippen molar-refractivity contribution in [1.29, 1.82) is 0 Å². The Balaban J connectivity index is 5.26. The van der Waals surface area contributed by atoms with E-state index in [1.165, 1.54) is 0 Å². The van der Waals surface area contributed by atoms with Crippen molar-refractivity contribution in [2.75, 3.05) is 0 Å². The van der Waals surface area contributed by atoms with E-state index in [1.54, 1.807) is 0 Å². The summed E-state index contributed by atoms with van der Waals surface area (Å²) < 4.78 is 103. The Hall–Kier alpha value is -1.16. The molecule has 1 amide bonds. The van der Waals surface area contributed by atoms with Gasteiger partial charge in [0.25, 0.3) is 0 Å². The molecule has 0 saturated carbocycles. The Bertz CT molecular complexity index is 232. The number of rotatable bonds is 0. The minimum Gasteiger partial charge on any atom is -0.264 e. The number of halogens is 9. The molecule has 0 N–H and O–H groups in total. The Morgan fingerprint density at radius 2 is 1.00 bits per heavy atom. The second-order valence-electron chi connectivity index (χ2n) is 2.07. The molecule has 0 spiro atoms. The van der Waals surface area contributed by atoms with Gasteiger partial charge in [-0.05, 0) is 0 Å². The van der Waals surface area contributed by atoms with E-state index in [4.69, 9.17) is 0 Å². The van der Waals surface area contributed by atoms with Gasteiger partial charge in [-0.2, -0.15) is 18.1 Å². The van der Waals surface area contributed by atoms with Gasteiger partial charge in [-0.15, -0.1) is 26.3 Å². The van der Waals surface area contributed by atoms with Gasteiger partial charge in [0.2, 0.25) is 0 Å². The summed E-state index contributed by atoms with van der Waals surface area (Å²) in [5.41, 5.74) is 0. The SMILES string of the molecule is O=C(N(C(F)(F)F)C(F)(F)F)C(F)(F)F. The molecule has 0 aliphatic rings. The van der Waals surface area contributed by atoms with E-state index in [1.807, 2.05) is 0 Å². The molecule has 0 heterocycles. The third kappa shape index (κ3) is 3.47. The fourth-order valence-electron chi connectivity index (χ4n) is 0.501. The summed E-state index contributed by atoms with van der Waals surface area (Å²) >= 11 is 0. The van der Waals surface area contributed by atoms with E-state index in [0.29, 0.717) is 0 Å². The van der Waals surface area contributed by atoms with Crippen molar-refractivity contribution in [2.24, 2.45) is 0 Å². The molecular formula is C4F9NO. The van der Waals surface area contributed by atoms with Crippen molar-refractivity contribution < 1.29 is 44.3 Å². The van der Waals surface area contributed by atoms with Gasteiger partial charge >= 0.3 is 24.7 Å². The van der Waals surface area contributed by atoms with E-state index in [-0.39, 0.29) is 0 Å². The Morgan fingerprint density at radius 3 is 1.07 bits per heavy atom. The molecule has 0 fully saturated rings. The molecule has 0 radical (unpaired) electrons. The summed E-state index contributed by atoms with van der Waals surface area (Å²) in [7, 11) is 0.